The highest BCUT2D eigenvalue weighted by atomic mass is 16.6. The lowest BCUT2D eigenvalue weighted by atomic mass is 9.98. The van der Waals surface area contributed by atoms with E-state index in [-0.39, 0.29) is 19.6 Å². The summed E-state index contributed by atoms with van der Waals surface area (Å²) in [5, 5.41) is 14.7. The molecule has 0 spiro atoms. The Bertz CT molecular complexity index is 918. The van der Waals surface area contributed by atoms with Crippen molar-refractivity contribution >= 4 is 23.9 Å². The Kier molecular flexibility index (Phi) is 11.1. The third-order valence-electron chi connectivity index (χ3n) is 4.50. The van der Waals surface area contributed by atoms with Gasteiger partial charge in [0, 0.05) is 19.2 Å². The monoisotopic (exact) mass is 475 g/mol. The molecule has 3 amide bonds. The molecule has 1 aromatic carbocycles. The standard InChI is InChI=1S/C24H33N3O7/c1-7-16-11-9-10-12-17(16)20(21(30)25-14-13-19(29)33-8-2)27(6)22(31)18(15-28)26-23(32)34-24(3,4)5/h1,9-12,18,20,28H,8,13-15H2,2-6H3,(H,25,30)(H,26,32). The summed E-state index contributed by atoms with van der Waals surface area (Å²) in [5.74, 6) is 0.664. The van der Waals surface area contributed by atoms with Crippen molar-refractivity contribution in [1.82, 2.24) is 15.5 Å². The van der Waals surface area contributed by atoms with Crippen LogP contribution in [0.4, 0.5) is 4.79 Å². The molecule has 0 aliphatic rings. The number of hydrogen-bond donors (Lipinski definition) is 3. The third kappa shape index (κ3) is 8.75. The van der Waals surface area contributed by atoms with E-state index in [2.05, 4.69) is 16.6 Å². The van der Waals surface area contributed by atoms with Crippen LogP contribution in [0.15, 0.2) is 24.3 Å². The Balaban J connectivity index is 3.16. The largest absolute Gasteiger partial charge is 0.466 e. The maximum absolute atomic E-state index is 13.2. The highest BCUT2D eigenvalue weighted by molar-refractivity contribution is 5.92. The Morgan fingerprint density at radius 2 is 1.85 bits per heavy atom. The first-order valence-electron chi connectivity index (χ1n) is 10.8. The lowest BCUT2D eigenvalue weighted by Gasteiger charge is -2.31. The number of rotatable bonds is 10. The normalized spacial score (nSPS) is 12.5. The summed E-state index contributed by atoms with van der Waals surface area (Å²) in [6, 6.07) is 4.01. The number of carbonyl (C=O) groups excluding carboxylic acids is 4. The van der Waals surface area contributed by atoms with E-state index >= 15 is 0 Å². The van der Waals surface area contributed by atoms with E-state index in [4.69, 9.17) is 15.9 Å². The fraction of sp³-hybridized carbons (Fsp3) is 0.500. The topological polar surface area (TPSA) is 134 Å². The van der Waals surface area contributed by atoms with Crippen LogP contribution >= 0.6 is 0 Å². The molecule has 1 aromatic rings. The minimum absolute atomic E-state index is 0.0198. The van der Waals surface area contributed by atoms with E-state index in [1.54, 1.807) is 52.0 Å². The maximum atomic E-state index is 13.2. The van der Waals surface area contributed by atoms with Crippen LogP contribution in [0.2, 0.25) is 0 Å². The number of nitrogens with zero attached hydrogens (tertiary/aromatic N) is 1. The second kappa shape index (κ2) is 13.2. The second-order valence-electron chi connectivity index (χ2n) is 8.31. The van der Waals surface area contributed by atoms with Gasteiger partial charge in [-0.05, 0) is 39.3 Å². The molecule has 0 saturated heterocycles. The lowest BCUT2D eigenvalue weighted by Crippen LogP contribution is -2.53. The van der Waals surface area contributed by atoms with Crippen molar-refractivity contribution in [3.63, 3.8) is 0 Å². The van der Waals surface area contributed by atoms with Gasteiger partial charge in [-0.25, -0.2) is 4.79 Å². The van der Waals surface area contributed by atoms with E-state index in [9.17, 15) is 24.3 Å². The van der Waals surface area contributed by atoms with Gasteiger partial charge >= 0.3 is 12.1 Å². The van der Waals surface area contributed by atoms with Gasteiger partial charge in [0.25, 0.3) is 0 Å². The molecule has 0 radical (unpaired) electrons. The van der Waals surface area contributed by atoms with E-state index in [0.717, 1.165) is 4.90 Å². The Hall–Kier alpha value is -3.58. The molecule has 0 heterocycles. The first-order valence-corrected chi connectivity index (χ1v) is 10.8. The van der Waals surface area contributed by atoms with Crippen molar-refractivity contribution < 1.29 is 33.8 Å². The van der Waals surface area contributed by atoms with E-state index in [0.29, 0.717) is 11.1 Å². The smallest absolute Gasteiger partial charge is 0.408 e. The van der Waals surface area contributed by atoms with Gasteiger partial charge in [0.2, 0.25) is 11.8 Å². The predicted molar refractivity (Wildman–Crippen MR) is 124 cm³/mol. The highest BCUT2D eigenvalue weighted by Gasteiger charge is 2.34. The van der Waals surface area contributed by atoms with Crippen molar-refractivity contribution in [1.29, 1.82) is 0 Å². The van der Waals surface area contributed by atoms with Crippen LogP contribution in [0.1, 0.15) is 51.3 Å². The number of carbonyl (C=O) groups is 4. The molecule has 0 bridgehead atoms. The van der Waals surface area contributed by atoms with Crippen molar-refractivity contribution in [2.24, 2.45) is 0 Å². The van der Waals surface area contributed by atoms with Crippen LogP contribution in [0, 0.1) is 12.3 Å². The summed E-state index contributed by atoms with van der Waals surface area (Å²) in [6.45, 7) is 6.11. The average Bonchev–Trinajstić information content (AvgIpc) is 2.76. The van der Waals surface area contributed by atoms with E-state index in [1.807, 2.05) is 0 Å². The van der Waals surface area contributed by atoms with Crippen molar-refractivity contribution in [2.45, 2.75) is 51.8 Å². The molecule has 34 heavy (non-hydrogen) atoms. The van der Waals surface area contributed by atoms with Crippen LogP contribution in [-0.4, -0.2) is 72.3 Å². The molecule has 0 aliphatic carbocycles. The predicted octanol–water partition coefficient (Wildman–Crippen LogP) is 1.12. The average molecular weight is 476 g/mol. The number of alkyl carbamates (subject to hydrolysis) is 1. The zero-order valence-electron chi connectivity index (χ0n) is 20.2. The number of amides is 3. The molecule has 10 nitrogen and oxygen atoms in total. The molecule has 186 valence electrons. The van der Waals surface area contributed by atoms with Gasteiger partial charge in [-0.3, -0.25) is 14.4 Å². The molecule has 0 aliphatic heterocycles. The second-order valence-corrected chi connectivity index (χ2v) is 8.31. The van der Waals surface area contributed by atoms with E-state index < -0.39 is 48.2 Å². The molecule has 0 saturated carbocycles. The first-order chi connectivity index (χ1) is 15.9. The fourth-order valence-corrected chi connectivity index (χ4v) is 3.02. The number of esters is 1. The number of benzene rings is 1. The Labute approximate surface area is 200 Å². The van der Waals surface area contributed by atoms with Gasteiger partial charge in [-0.2, -0.15) is 0 Å². The number of likely N-dealkylation sites (N-methyl/N-ethyl adjacent to an activating group) is 1. The maximum Gasteiger partial charge on any atom is 0.408 e. The van der Waals surface area contributed by atoms with Crippen LogP contribution in [0.3, 0.4) is 0 Å². The molecule has 0 aromatic heterocycles. The molecular weight excluding hydrogens is 442 g/mol. The van der Waals surface area contributed by atoms with Crippen LogP contribution in [0.5, 0.6) is 0 Å². The summed E-state index contributed by atoms with van der Waals surface area (Å²) in [4.78, 5) is 51.1. The van der Waals surface area contributed by atoms with Crippen LogP contribution in [0.25, 0.3) is 0 Å². The number of nitrogens with one attached hydrogen (secondary N) is 2. The number of terminal acetylenes is 1. The molecule has 3 N–H and O–H groups in total. The Morgan fingerprint density at radius 3 is 2.41 bits per heavy atom. The van der Waals surface area contributed by atoms with Gasteiger partial charge in [0.05, 0.1) is 19.6 Å². The highest BCUT2D eigenvalue weighted by Crippen LogP contribution is 2.24. The summed E-state index contributed by atoms with van der Waals surface area (Å²) in [5.41, 5.74) is -0.0663. The van der Waals surface area contributed by atoms with Crippen molar-refractivity contribution in [3.8, 4) is 12.3 Å². The lowest BCUT2D eigenvalue weighted by molar-refractivity contribution is -0.144. The third-order valence-corrected chi connectivity index (χ3v) is 4.50. The zero-order chi connectivity index (χ0) is 25.9. The quantitative estimate of drug-likeness (QED) is 0.341. The molecule has 0 fully saturated rings. The van der Waals surface area contributed by atoms with Gasteiger partial charge in [0.15, 0.2) is 0 Å². The van der Waals surface area contributed by atoms with Gasteiger partial charge < -0.3 is 30.1 Å². The number of hydrogen-bond acceptors (Lipinski definition) is 7. The van der Waals surface area contributed by atoms with Gasteiger partial charge in [-0.1, -0.05) is 24.1 Å². The summed E-state index contributed by atoms with van der Waals surface area (Å²) >= 11 is 0. The molecular formula is C24H33N3O7. The minimum Gasteiger partial charge on any atom is -0.466 e. The summed E-state index contributed by atoms with van der Waals surface area (Å²) in [7, 11) is 1.35. The van der Waals surface area contributed by atoms with E-state index in [1.165, 1.54) is 7.05 Å². The molecule has 2 unspecified atom stereocenters. The van der Waals surface area contributed by atoms with Crippen LogP contribution < -0.4 is 10.6 Å². The number of aliphatic hydroxyl groups is 1. The molecule has 1 rings (SSSR count). The number of aliphatic hydroxyl groups excluding tert-OH is 1. The first kappa shape index (κ1) is 28.5. The SMILES string of the molecule is C#Cc1ccccc1C(C(=O)NCCC(=O)OCC)N(C)C(=O)C(CO)NC(=O)OC(C)(C)C. The summed E-state index contributed by atoms with van der Waals surface area (Å²) < 4.78 is 9.99. The number of ether oxygens (including phenoxy) is 2. The molecule has 10 heteroatoms. The Morgan fingerprint density at radius 1 is 1.21 bits per heavy atom. The zero-order valence-corrected chi connectivity index (χ0v) is 20.2. The van der Waals surface area contributed by atoms with Crippen molar-refractivity contribution in [2.75, 3.05) is 26.8 Å². The van der Waals surface area contributed by atoms with Crippen molar-refractivity contribution in [3.05, 3.63) is 35.4 Å². The van der Waals surface area contributed by atoms with Gasteiger partial charge in [-0.15, -0.1) is 6.42 Å². The van der Waals surface area contributed by atoms with Gasteiger partial charge in [0.1, 0.15) is 17.7 Å². The van der Waals surface area contributed by atoms with Crippen LogP contribution in [-0.2, 0) is 23.9 Å². The minimum atomic E-state index is -1.37. The summed E-state index contributed by atoms with van der Waals surface area (Å²) in [6.07, 6.45) is 4.64. The molecule has 2 atom stereocenters. The fourth-order valence-electron chi connectivity index (χ4n) is 3.02.